The first kappa shape index (κ1) is 16.5. The van der Waals surface area contributed by atoms with E-state index in [0.717, 1.165) is 12.8 Å². The molecule has 106 valence electrons. The minimum atomic E-state index is -1.83. The standard InChI is InChI=1S/C11H21NO2.CH2O3/c1-9(2)8-14-11(13)12-10-6-4-3-5-7-10;2-1(3)4/h9-10H,3-8H2,1-2H3,(H,12,13);(H2,2,3,4). The molecule has 1 aliphatic rings. The fourth-order valence-corrected chi connectivity index (χ4v) is 1.70. The zero-order valence-corrected chi connectivity index (χ0v) is 11.0. The monoisotopic (exact) mass is 261 g/mol. The van der Waals surface area contributed by atoms with Crippen LogP contribution in [0.1, 0.15) is 46.0 Å². The van der Waals surface area contributed by atoms with Gasteiger partial charge in [-0.2, -0.15) is 0 Å². The molecule has 1 saturated carbocycles. The molecule has 1 amide bonds. The number of alkyl carbamates (subject to hydrolysis) is 1. The molecular formula is C12H23NO5. The van der Waals surface area contributed by atoms with Crippen LogP contribution in [0.5, 0.6) is 0 Å². The van der Waals surface area contributed by atoms with Gasteiger partial charge in [0.1, 0.15) is 0 Å². The maximum Gasteiger partial charge on any atom is 0.503 e. The van der Waals surface area contributed by atoms with Gasteiger partial charge in [0.2, 0.25) is 0 Å². The lowest BCUT2D eigenvalue weighted by Crippen LogP contribution is -2.37. The molecule has 0 spiro atoms. The highest BCUT2D eigenvalue weighted by Crippen LogP contribution is 2.17. The predicted molar refractivity (Wildman–Crippen MR) is 66.8 cm³/mol. The topological polar surface area (TPSA) is 95.9 Å². The molecule has 0 aromatic rings. The highest BCUT2D eigenvalue weighted by atomic mass is 16.6. The highest BCUT2D eigenvalue weighted by Gasteiger charge is 2.16. The number of nitrogens with one attached hydrogen (secondary N) is 1. The van der Waals surface area contributed by atoms with Gasteiger partial charge in [0.15, 0.2) is 0 Å². The van der Waals surface area contributed by atoms with Gasteiger partial charge in [-0.1, -0.05) is 33.1 Å². The van der Waals surface area contributed by atoms with Gasteiger partial charge in [-0.05, 0) is 18.8 Å². The van der Waals surface area contributed by atoms with Gasteiger partial charge < -0.3 is 20.3 Å². The summed E-state index contributed by atoms with van der Waals surface area (Å²) in [5, 5.41) is 16.9. The molecule has 0 bridgehead atoms. The van der Waals surface area contributed by atoms with Crippen molar-refractivity contribution in [2.24, 2.45) is 5.92 Å². The van der Waals surface area contributed by atoms with Crippen molar-refractivity contribution in [2.45, 2.75) is 52.0 Å². The number of amides is 1. The molecule has 18 heavy (non-hydrogen) atoms. The van der Waals surface area contributed by atoms with E-state index in [1.807, 2.05) is 13.8 Å². The first-order valence-corrected chi connectivity index (χ1v) is 6.27. The summed E-state index contributed by atoms with van der Waals surface area (Å²) < 4.78 is 5.06. The predicted octanol–water partition coefficient (Wildman–Crippen LogP) is 2.92. The molecule has 6 heteroatoms. The summed E-state index contributed by atoms with van der Waals surface area (Å²) in [7, 11) is 0. The number of carboxylic acid groups (broad SMARTS) is 2. The Morgan fingerprint density at radius 2 is 1.72 bits per heavy atom. The van der Waals surface area contributed by atoms with Crippen LogP contribution in [-0.4, -0.2) is 35.1 Å². The Bertz CT molecular complexity index is 245. The van der Waals surface area contributed by atoms with Gasteiger partial charge >= 0.3 is 12.2 Å². The number of hydrogen-bond acceptors (Lipinski definition) is 3. The first-order chi connectivity index (χ1) is 8.41. The lowest BCUT2D eigenvalue weighted by molar-refractivity contribution is 0.127. The molecular weight excluding hydrogens is 238 g/mol. The Balaban J connectivity index is 0.000000631. The van der Waals surface area contributed by atoms with Crippen molar-refractivity contribution in [2.75, 3.05) is 6.61 Å². The highest BCUT2D eigenvalue weighted by molar-refractivity contribution is 5.67. The Kier molecular flexibility index (Phi) is 8.78. The van der Waals surface area contributed by atoms with E-state index in [-0.39, 0.29) is 6.09 Å². The van der Waals surface area contributed by atoms with Crippen molar-refractivity contribution >= 4 is 12.2 Å². The number of hydrogen-bond donors (Lipinski definition) is 3. The average Bonchev–Trinajstić information content (AvgIpc) is 2.27. The van der Waals surface area contributed by atoms with Crippen LogP contribution in [0.25, 0.3) is 0 Å². The fourth-order valence-electron chi connectivity index (χ4n) is 1.70. The number of carbonyl (C=O) groups is 2. The van der Waals surface area contributed by atoms with Crippen LogP contribution >= 0.6 is 0 Å². The lowest BCUT2D eigenvalue weighted by Gasteiger charge is -2.22. The van der Waals surface area contributed by atoms with Crippen LogP contribution in [0.15, 0.2) is 0 Å². The van der Waals surface area contributed by atoms with E-state index in [0.29, 0.717) is 18.6 Å². The molecule has 1 rings (SSSR count). The molecule has 0 aliphatic heterocycles. The Morgan fingerprint density at radius 1 is 1.22 bits per heavy atom. The molecule has 1 aliphatic carbocycles. The third-order valence-corrected chi connectivity index (χ3v) is 2.47. The normalized spacial score (nSPS) is 15.5. The third kappa shape index (κ3) is 11.0. The van der Waals surface area contributed by atoms with Crippen molar-refractivity contribution in [1.82, 2.24) is 5.32 Å². The van der Waals surface area contributed by atoms with Crippen LogP contribution in [0.4, 0.5) is 9.59 Å². The second-order valence-electron chi connectivity index (χ2n) is 4.75. The summed E-state index contributed by atoms with van der Waals surface area (Å²) in [5.41, 5.74) is 0. The minimum absolute atomic E-state index is 0.245. The van der Waals surface area contributed by atoms with E-state index in [4.69, 9.17) is 19.7 Å². The zero-order chi connectivity index (χ0) is 14.0. The second-order valence-corrected chi connectivity index (χ2v) is 4.75. The van der Waals surface area contributed by atoms with Crippen LogP contribution in [-0.2, 0) is 4.74 Å². The smallest absolute Gasteiger partial charge is 0.450 e. The fraction of sp³-hybridized carbons (Fsp3) is 0.833. The van der Waals surface area contributed by atoms with Gasteiger partial charge in [0.25, 0.3) is 0 Å². The molecule has 1 fully saturated rings. The third-order valence-electron chi connectivity index (χ3n) is 2.47. The summed E-state index contributed by atoms with van der Waals surface area (Å²) >= 11 is 0. The molecule has 0 aromatic heterocycles. The number of rotatable bonds is 3. The van der Waals surface area contributed by atoms with E-state index in [9.17, 15) is 4.79 Å². The average molecular weight is 261 g/mol. The quantitative estimate of drug-likeness (QED) is 0.725. The second kappa shape index (κ2) is 9.56. The summed E-state index contributed by atoms with van der Waals surface area (Å²) in [4.78, 5) is 19.8. The molecule has 6 nitrogen and oxygen atoms in total. The maximum atomic E-state index is 11.3. The largest absolute Gasteiger partial charge is 0.503 e. The summed E-state index contributed by atoms with van der Waals surface area (Å²) in [6.07, 6.45) is 3.91. The lowest BCUT2D eigenvalue weighted by atomic mass is 9.96. The van der Waals surface area contributed by atoms with Gasteiger partial charge in [-0.15, -0.1) is 0 Å². The Morgan fingerprint density at radius 3 is 2.17 bits per heavy atom. The zero-order valence-electron chi connectivity index (χ0n) is 11.0. The molecule has 3 N–H and O–H groups in total. The van der Waals surface area contributed by atoms with E-state index in [1.54, 1.807) is 0 Å². The molecule has 0 unspecified atom stereocenters. The summed E-state index contributed by atoms with van der Waals surface area (Å²) in [6.45, 7) is 4.58. The van der Waals surface area contributed by atoms with Crippen LogP contribution in [0.3, 0.4) is 0 Å². The molecule has 0 radical (unpaired) electrons. The van der Waals surface area contributed by atoms with Crippen molar-refractivity contribution in [3.05, 3.63) is 0 Å². The Hall–Kier alpha value is -1.46. The van der Waals surface area contributed by atoms with Gasteiger partial charge in [0, 0.05) is 6.04 Å². The van der Waals surface area contributed by atoms with E-state index >= 15 is 0 Å². The van der Waals surface area contributed by atoms with Crippen molar-refractivity contribution in [3.8, 4) is 0 Å². The molecule has 0 aromatic carbocycles. The van der Waals surface area contributed by atoms with E-state index in [1.165, 1.54) is 19.3 Å². The number of carbonyl (C=O) groups excluding carboxylic acids is 1. The molecule has 0 heterocycles. The van der Waals surface area contributed by atoms with Crippen molar-refractivity contribution in [3.63, 3.8) is 0 Å². The van der Waals surface area contributed by atoms with Gasteiger partial charge in [-0.3, -0.25) is 0 Å². The molecule has 0 saturated heterocycles. The summed E-state index contributed by atoms with van der Waals surface area (Å²) in [6, 6.07) is 0.350. The summed E-state index contributed by atoms with van der Waals surface area (Å²) in [5.74, 6) is 0.409. The van der Waals surface area contributed by atoms with Crippen LogP contribution in [0, 0.1) is 5.92 Å². The van der Waals surface area contributed by atoms with Crippen molar-refractivity contribution in [1.29, 1.82) is 0 Å². The number of ether oxygens (including phenoxy) is 1. The van der Waals surface area contributed by atoms with E-state index < -0.39 is 6.16 Å². The maximum absolute atomic E-state index is 11.3. The Labute approximate surface area is 107 Å². The SMILES string of the molecule is CC(C)COC(=O)NC1CCCCC1.O=C(O)O. The first-order valence-electron chi connectivity index (χ1n) is 6.27. The minimum Gasteiger partial charge on any atom is -0.450 e. The van der Waals surface area contributed by atoms with E-state index in [2.05, 4.69) is 5.32 Å². The van der Waals surface area contributed by atoms with Gasteiger partial charge in [0.05, 0.1) is 6.61 Å². The van der Waals surface area contributed by atoms with Crippen molar-refractivity contribution < 1.29 is 24.5 Å². The van der Waals surface area contributed by atoms with Gasteiger partial charge in [-0.25, -0.2) is 9.59 Å². The van der Waals surface area contributed by atoms with Crippen LogP contribution in [0.2, 0.25) is 0 Å². The molecule has 0 atom stereocenters. The van der Waals surface area contributed by atoms with Crippen LogP contribution < -0.4 is 5.32 Å².